The lowest BCUT2D eigenvalue weighted by atomic mass is 9.80. The van der Waals surface area contributed by atoms with Gasteiger partial charge < -0.3 is 9.31 Å². The summed E-state index contributed by atoms with van der Waals surface area (Å²) in [4.78, 5) is 4.10. The lowest BCUT2D eigenvalue weighted by molar-refractivity contribution is 0.00578. The molecule has 0 unspecified atom stereocenters. The zero-order valence-electron chi connectivity index (χ0n) is 12.0. The van der Waals surface area contributed by atoms with Gasteiger partial charge in [-0.15, -0.1) is 0 Å². The van der Waals surface area contributed by atoms with Crippen LogP contribution in [0.15, 0.2) is 48.8 Å². The molecule has 1 fully saturated rings. The van der Waals surface area contributed by atoms with Crippen LogP contribution in [0, 0.1) is 0 Å². The minimum Gasteiger partial charge on any atom is -0.399 e. The second-order valence-electron chi connectivity index (χ2n) is 5.64. The zero-order chi connectivity index (χ0) is 13.9. The van der Waals surface area contributed by atoms with Crippen LogP contribution in [0.2, 0.25) is 0 Å². The summed E-state index contributed by atoms with van der Waals surface area (Å²) in [5.41, 5.74) is 0.343. The standard InChI is InChI=1S/C15H20BNO2/c1-14(2)15(3,4)19-16(18-14)13-9-6-5-7-11-17-12-8-10-13/h5-12H,1-4H3. The van der Waals surface area contributed by atoms with Crippen LogP contribution in [0.25, 0.3) is 0 Å². The Morgan fingerprint density at radius 3 is 2.11 bits per heavy atom. The van der Waals surface area contributed by atoms with Crippen molar-refractivity contribution < 1.29 is 9.31 Å². The van der Waals surface area contributed by atoms with E-state index in [9.17, 15) is 0 Å². The fraction of sp³-hybridized carbons (Fsp3) is 0.400. The molecule has 1 aliphatic heterocycles. The van der Waals surface area contributed by atoms with Gasteiger partial charge >= 0.3 is 7.12 Å². The van der Waals surface area contributed by atoms with E-state index < -0.39 is 0 Å². The summed E-state index contributed by atoms with van der Waals surface area (Å²) in [5, 5.41) is 0. The molecule has 0 saturated carbocycles. The molecule has 1 saturated heterocycles. The highest BCUT2D eigenvalue weighted by Gasteiger charge is 2.51. The summed E-state index contributed by atoms with van der Waals surface area (Å²) >= 11 is 0. The Kier molecular flexibility index (Phi) is 3.92. The minimum absolute atomic E-state index is 0.320. The molecule has 1 aromatic heterocycles. The number of rotatable bonds is 1. The first-order chi connectivity index (χ1) is 8.92. The Morgan fingerprint density at radius 2 is 1.42 bits per heavy atom. The molecule has 0 aromatic carbocycles. The molecule has 0 radical (unpaired) electrons. The lowest BCUT2D eigenvalue weighted by Crippen LogP contribution is -2.41. The van der Waals surface area contributed by atoms with Crippen molar-refractivity contribution in [2.45, 2.75) is 38.9 Å². The quantitative estimate of drug-likeness (QED) is 0.724. The second-order valence-corrected chi connectivity index (χ2v) is 5.64. The van der Waals surface area contributed by atoms with E-state index in [2.05, 4.69) is 32.7 Å². The molecule has 2 rings (SSSR count). The summed E-state index contributed by atoms with van der Waals surface area (Å²) in [6.07, 6.45) is 3.49. The van der Waals surface area contributed by atoms with Crippen LogP contribution in [-0.2, 0) is 9.31 Å². The van der Waals surface area contributed by atoms with E-state index in [0.717, 1.165) is 5.46 Å². The van der Waals surface area contributed by atoms with Gasteiger partial charge in [-0.25, -0.2) is 0 Å². The van der Waals surface area contributed by atoms with E-state index in [4.69, 9.17) is 9.31 Å². The summed E-state index contributed by atoms with van der Waals surface area (Å²) in [6.45, 7) is 8.21. The van der Waals surface area contributed by atoms with Crippen molar-refractivity contribution in [1.29, 1.82) is 0 Å². The highest BCUT2D eigenvalue weighted by atomic mass is 16.7. The van der Waals surface area contributed by atoms with Crippen molar-refractivity contribution >= 4 is 12.6 Å². The molecule has 0 N–H and O–H groups in total. The summed E-state index contributed by atoms with van der Waals surface area (Å²) in [7, 11) is -0.345. The van der Waals surface area contributed by atoms with Crippen LogP contribution in [-0.4, -0.2) is 23.3 Å². The third-order valence-electron chi connectivity index (χ3n) is 3.67. The minimum atomic E-state index is -0.345. The van der Waals surface area contributed by atoms with Crippen molar-refractivity contribution in [3.05, 3.63) is 48.8 Å². The van der Waals surface area contributed by atoms with Gasteiger partial charge in [-0.2, -0.15) is 0 Å². The van der Waals surface area contributed by atoms with E-state index in [-0.39, 0.29) is 18.3 Å². The molecule has 100 valence electrons. The van der Waals surface area contributed by atoms with Crippen molar-refractivity contribution in [2.24, 2.45) is 0 Å². The lowest BCUT2D eigenvalue weighted by Gasteiger charge is -2.32. The third kappa shape index (κ3) is 3.14. The molecule has 2 heterocycles. The average Bonchev–Trinajstić information content (AvgIpc) is 2.55. The van der Waals surface area contributed by atoms with Gasteiger partial charge in [-0.05, 0) is 45.3 Å². The monoisotopic (exact) mass is 257 g/mol. The number of nitrogens with zero attached hydrogens (tertiary/aromatic N) is 1. The molecule has 4 heteroatoms. The number of aromatic nitrogens is 1. The largest absolute Gasteiger partial charge is 0.494 e. The molecule has 0 aliphatic carbocycles. The average molecular weight is 257 g/mol. The molecular formula is C15H20BNO2. The van der Waals surface area contributed by atoms with Crippen LogP contribution in [0.4, 0.5) is 0 Å². The first-order valence-electron chi connectivity index (χ1n) is 6.51. The molecular weight excluding hydrogens is 237 g/mol. The van der Waals surface area contributed by atoms with Crippen LogP contribution >= 0.6 is 0 Å². The van der Waals surface area contributed by atoms with Gasteiger partial charge in [0, 0.05) is 12.4 Å². The Bertz CT molecular complexity index is 460. The molecule has 0 bridgehead atoms. The number of hydrogen-bond donors (Lipinski definition) is 0. The molecule has 1 aliphatic rings. The Balaban J connectivity index is 2.34. The summed E-state index contributed by atoms with van der Waals surface area (Å²) < 4.78 is 12.1. The van der Waals surface area contributed by atoms with Crippen molar-refractivity contribution in [3.8, 4) is 0 Å². The maximum atomic E-state index is 6.03. The molecule has 19 heavy (non-hydrogen) atoms. The van der Waals surface area contributed by atoms with Gasteiger partial charge in [0.2, 0.25) is 0 Å². The number of hydrogen-bond acceptors (Lipinski definition) is 3. The van der Waals surface area contributed by atoms with Gasteiger partial charge in [-0.1, -0.05) is 24.3 Å². The van der Waals surface area contributed by atoms with Gasteiger partial charge in [-0.3, -0.25) is 4.98 Å². The predicted octanol–water partition coefficient (Wildman–Crippen LogP) is 2.51. The fourth-order valence-electron chi connectivity index (χ4n) is 1.78. The molecule has 0 atom stereocenters. The fourth-order valence-corrected chi connectivity index (χ4v) is 1.78. The second kappa shape index (κ2) is 5.31. The van der Waals surface area contributed by atoms with Crippen molar-refractivity contribution in [2.75, 3.05) is 0 Å². The van der Waals surface area contributed by atoms with E-state index in [1.54, 1.807) is 12.4 Å². The first kappa shape index (κ1) is 14.0. The first-order valence-corrected chi connectivity index (χ1v) is 6.51. The van der Waals surface area contributed by atoms with Gasteiger partial charge in [0.15, 0.2) is 0 Å². The highest BCUT2D eigenvalue weighted by Crippen LogP contribution is 2.36. The molecule has 0 amide bonds. The highest BCUT2D eigenvalue weighted by molar-refractivity contribution is 6.62. The van der Waals surface area contributed by atoms with Gasteiger partial charge in [0.1, 0.15) is 0 Å². The van der Waals surface area contributed by atoms with Gasteiger partial charge in [0.25, 0.3) is 0 Å². The Hall–Kier alpha value is -1.39. The van der Waals surface area contributed by atoms with Crippen LogP contribution in [0.3, 0.4) is 0 Å². The van der Waals surface area contributed by atoms with Gasteiger partial charge in [0.05, 0.1) is 11.2 Å². The van der Waals surface area contributed by atoms with Crippen LogP contribution in [0.1, 0.15) is 27.7 Å². The van der Waals surface area contributed by atoms with E-state index >= 15 is 0 Å². The summed E-state index contributed by atoms with van der Waals surface area (Å²) in [6, 6.07) is 11.6. The van der Waals surface area contributed by atoms with Crippen LogP contribution < -0.4 is 5.46 Å². The van der Waals surface area contributed by atoms with E-state index in [0.29, 0.717) is 0 Å². The van der Waals surface area contributed by atoms with Crippen LogP contribution in [0.5, 0.6) is 0 Å². The Labute approximate surface area is 115 Å². The third-order valence-corrected chi connectivity index (χ3v) is 3.67. The van der Waals surface area contributed by atoms with Crippen molar-refractivity contribution in [1.82, 2.24) is 4.98 Å². The SMILES string of the molecule is CC1(C)OB(c2cccccnccc2)OC1(C)C. The smallest absolute Gasteiger partial charge is 0.399 e. The van der Waals surface area contributed by atoms with E-state index in [1.807, 2.05) is 36.4 Å². The maximum Gasteiger partial charge on any atom is 0.494 e. The maximum absolute atomic E-state index is 6.03. The molecule has 3 nitrogen and oxygen atoms in total. The normalized spacial score (nSPS) is 19.9. The molecule has 0 spiro atoms. The topological polar surface area (TPSA) is 31.4 Å². The molecule has 1 aromatic rings. The Morgan fingerprint density at radius 1 is 0.842 bits per heavy atom. The predicted molar refractivity (Wildman–Crippen MR) is 77.6 cm³/mol. The van der Waals surface area contributed by atoms with E-state index in [1.165, 1.54) is 0 Å². The summed E-state index contributed by atoms with van der Waals surface area (Å²) in [5.74, 6) is 0. The van der Waals surface area contributed by atoms with Crippen molar-refractivity contribution in [3.63, 3.8) is 0 Å². The zero-order valence-corrected chi connectivity index (χ0v) is 12.0.